The fraction of sp³-hybridized carbons (Fsp3) is 0.419. The fourth-order valence-electron chi connectivity index (χ4n) is 5.46. The second kappa shape index (κ2) is 10.9. The van der Waals surface area contributed by atoms with Crippen molar-refractivity contribution >= 4 is 22.8 Å². The molecule has 0 radical (unpaired) electrons. The maximum Gasteiger partial charge on any atom is 0.411 e. The molecular formula is C31H36FNO4. The number of carboxylic acids is 1. The van der Waals surface area contributed by atoms with Crippen molar-refractivity contribution in [3.8, 4) is 0 Å². The number of benzene rings is 3. The first-order valence-corrected chi connectivity index (χ1v) is 13.0. The van der Waals surface area contributed by atoms with Crippen molar-refractivity contribution in [2.45, 2.75) is 83.4 Å². The fourth-order valence-corrected chi connectivity index (χ4v) is 5.46. The number of amides is 1. The van der Waals surface area contributed by atoms with Gasteiger partial charge < -0.3 is 9.84 Å². The summed E-state index contributed by atoms with van der Waals surface area (Å²) in [4.78, 5) is 26.3. The average molecular weight is 506 g/mol. The van der Waals surface area contributed by atoms with Gasteiger partial charge >= 0.3 is 12.1 Å². The van der Waals surface area contributed by atoms with E-state index in [-0.39, 0.29) is 30.4 Å². The first-order valence-electron chi connectivity index (χ1n) is 13.0. The van der Waals surface area contributed by atoms with E-state index in [1.807, 2.05) is 62.9 Å². The van der Waals surface area contributed by atoms with Gasteiger partial charge in [-0.2, -0.15) is 0 Å². The first-order chi connectivity index (χ1) is 17.5. The molecule has 6 heteroatoms. The molecule has 3 aromatic carbocycles. The number of rotatable bonds is 7. The molecule has 0 saturated heterocycles. The van der Waals surface area contributed by atoms with Gasteiger partial charge in [-0.05, 0) is 87.4 Å². The Morgan fingerprint density at radius 2 is 1.70 bits per heavy atom. The van der Waals surface area contributed by atoms with E-state index in [0.717, 1.165) is 35.8 Å². The van der Waals surface area contributed by atoms with Crippen LogP contribution in [0.15, 0.2) is 60.7 Å². The van der Waals surface area contributed by atoms with Crippen LogP contribution in [0.25, 0.3) is 10.8 Å². The molecule has 3 aromatic rings. The number of hydrogen-bond acceptors (Lipinski definition) is 3. The standard InChI is InChI=1S/C31H36FNO4/c1-20(25-16-17-28(32)27-8-6-5-7-26(25)27)33(30(36)37-31(2,3)4)24-15-14-23(19-24)22-12-9-21(10-13-22)11-18-29(34)35/h5-10,12-13,16-17,20,23-24H,11,14-15,18-19H2,1-4H3,(H,34,35)/t20-,23-,24?/m1/s1. The van der Waals surface area contributed by atoms with E-state index in [2.05, 4.69) is 12.1 Å². The average Bonchev–Trinajstić information content (AvgIpc) is 3.32. The van der Waals surface area contributed by atoms with E-state index in [4.69, 9.17) is 9.84 Å². The summed E-state index contributed by atoms with van der Waals surface area (Å²) >= 11 is 0. The summed E-state index contributed by atoms with van der Waals surface area (Å²) < 4.78 is 20.4. The Balaban J connectivity index is 1.60. The van der Waals surface area contributed by atoms with Crippen LogP contribution in [-0.2, 0) is 16.0 Å². The van der Waals surface area contributed by atoms with Crippen molar-refractivity contribution in [1.29, 1.82) is 0 Å². The zero-order chi connectivity index (χ0) is 26.7. The quantitative estimate of drug-likeness (QED) is 0.358. The molecule has 1 unspecified atom stereocenters. The normalized spacial score (nSPS) is 18.5. The van der Waals surface area contributed by atoms with Crippen LogP contribution < -0.4 is 0 Å². The number of halogens is 1. The lowest BCUT2D eigenvalue weighted by atomic mass is 9.94. The summed E-state index contributed by atoms with van der Waals surface area (Å²) in [6, 6.07) is 18.5. The summed E-state index contributed by atoms with van der Waals surface area (Å²) in [5, 5.41) is 10.3. The number of carbonyl (C=O) groups is 2. The van der Waals surface area contributed by atoms with Gasteiger partial charge in [0.05, 0.1) is 6.04 Å². The molecule has 0 bridgehead atoms. The Morgan fingerprint density at radius 3 is 2.35 bits per heavy atom. The number of ether oxygens (including phenoxy) is 1. The monoisotopic (exact) mass is 505 g/mol. The molecule has 4 rings (SSSR count). The molecule has 1 amide bonds. The maximum absolute atomic E-state index is 14.5. The van der Waals surface area contributed by atoms with Gasteiger partial charge in [0.25, 0.3) is 0 Å². The summed E-state index contributed by atoms with van der Waals surface area (Å²) in [7, 11) is 0. The van der Waals surface area contributed by atoms with Crippen LogP contribution in [0.1, 0.15) is 82.0 Å². The summed E-state index contributed by atoms with van der Waals surface area (Å²) in [5.41, 5.74) is 2.47. The number of hydrogen-bond donors (Lipinski definition) is 1. The van der Waals surface area contributed by atoms with Gasteiger partial charge in [-0.1, -0.05) is 54.6 Å². The number of fused-ring (bicyclic) bond motifs is 1. The van der Waals surface area contributed by atoms with Crippen LogP contribution in [0.5, 0.6) is 0 Å². The van der Waals surface area contributed by atoms with Crippen LogP contribution in [0, 0.1) is 5.82 Å². The number of aliphatic carboxylic acids is 1. The highest BCUT2D eigenvalue weighted by molar-refractivity contribution is 5.87. The largest absolute Gasteiger partial charge is 0.481 e. The molecule has 0 aromatic heterocycles. The van der Waals surface area contributed by atoms with Crippen LogP contribution in [0.4, 0.5) is 9.18 Å². The van der Waals surface area contributed by atoms with Crippen molar-refractivity contribution in [3.63, 3.8) is 0 Å². The molecular weight excluding hydrogens is 469 g/mol. The van der Waals surface area contributed by atoms with Gasteiger partial charge in [-0.3, -0.25) is 9.69 Å². The minimum Gasteiger partial charge on any atom is -0.481 e. The Morgan fingerprint density at radius 1 is 1.03 bits per heavy atom. The lowest BCUT2D eigenvalue weighted by Crippen LogP contribution is -2.44. The second-order valence-corrected chi connectivity index (χ2v) is 11.0. The van der Waals surface area contributed by atoms with Crippen LogP contribution in [0.3, 0.4) is 0 Å². The number of aryl methyl sites for hydroxylation is 1. The Hall–Kier alpha value is -3.41. The minimum absolute atomic E-state index is 0.0228. The molecule has 5 nitrogen and oxygen atoms in total. The molecule has 0 heterocycles. The predicted molar refractivity (Wildman–Crippen MR) is 143 cm³/mol. The predicted octanol–water partition coefficient (Wildman–Crippen LogP) is 7.63. The number of carbonyl (C=O) groups excluding carboxylic acids is 1. The summed E-state index contributed by atoms with van der Waals surface area (Å²) in [5.74, 6) is -0.781. The first kappa shape index (κ1) is 26.6. The maximum atomic E-state index is 14.5. The van der Waals surface area contributed by atoms with Gasteiger partial charge in [0.1, 0.15) is 11.4 Å². The molecule has 1 aliphatic carbocycles. The van der Waals surface area contributed by atoms with E-state index in [1.54, 1.807) is 12.1 Å². The van der Waals surface area contributed by atoms with E-state index in [9.17, 15) is 14.0 Å². The van der Waals surface area contributed by atoms with Crippen LogP contribution in [-0.4, -0.2) is 33.7 Å². The molecule has 1 aliphatic rings. The highest BCUT2D eigenvalue weighted by Crippen LogP contribution is 2.41. The summed E-state index contributed by atoms with van der Waals surface area (Å²) in [6.07, 6.45) is 2.85. The third-order valence-electron chi connectivity index (χ3n) is 7.25. The third kappa shape index (κ3) is 6.30. The molecule has 3 atom stereocenters. The van der Waals surface area contributed by atoms with Crippen molar-refractivity contribution in [1.82, 2.24) is 4.90 Å². The lowest BCUT2D eigenvalue weighted by Gasteiger charge is -2.37. The van der Waals surface area contributed by atoms with Crippen LogP contribution >= 0.6 is 0 Å². The molecule has 1 saturated carbocycles. The SMILES string of the molecule is C[C@H](c1ccc(F)c2ccccc12)N(C(=O)OC(C)(C)C)C1CC[C@@H](c2ccc(CCC(=O)O)cc2)C1. The molecule has 1 N–H and O–H groups in total. The molecule has 0 spiro atoms. The zero-order valence-electron chi connectivity index (χ0n) is 22.0. The van der Waals surface area contributed by atoms with Crippen molar-refractivity contribution in [2.24, 2.45) is 0 Å². The van der Waals surface area contributed by atoms with Crippen LogP contribution in [0.2, 0.25) is 0 Å². The number of carboxylic acid groups (broad SMARTS) is 1. The Kier molecular flexibility index (Phi) is 7.86. The van der Waals surface area contributed by atoms with E-state index in [0.29, 0.717) is 17.7 Å². The van der Waals surface area contributed by atoms with Gasteiger partial charge in [0.2, 0.25) is 0 Å². The van der Waals surface area contributed by atoms with Crippen molar-refractivity contribution in [3.05, 3.63) is 83.2 Å². The number of nitrogens with zero attached hydrogens (tertiary/aromatic N) is 1. The summed E-state index contributed by atoms with van der Waals surface area (Å²) in [6.45, 7) is 7.59. The zero-order valence-corrected chi connectivity index (χ0v) is 22.0. The Bertz CT molecular complexity index is 1260. The second-order valence-electron chi connectivity index (χ2n) is 11.0. The van der Waals surface area contributed by atoms with Crippen molar-refractivity contribution in [2.75, 3.05) is 0 Å². The molecule has 1 fully saturated rings. The lowest BCUT2D eigenvalue weighted by molar-refractivity contribution is -0.136. The minimum atomic E-state index is -0.798. The molecule has 0 aliphatic heterocycles. The van der Waals surface area contributed by atoms with Gasteiger partial charge in [0.15, 0.2) is 0 Å². The molecule has 196 valence electrons. The molecule has 37 heavy (non-hydrogen) atoms. The topological polar surface area (TPSA) is 66.8 Å². The van der Waals surface area contributed by atoms with E-state index < -0.39 is 11.6 Å². The highest BCUT2D eigenvalue weighted by atomic mass is 19.1. The van der Waals surface area contributed by atoms with E-state index in [1.165, 1.54) is 11.6 Å². The van der Waals surface area contributed by atoms with Crippen molar-refractivity contribution < 1.29 is 23.8 Å². The Labute approximate surface area is 218 Å². The van der Waals surface area contributed by atoms with Gasteiger partial charge in [-0.15, -0.1) is 0 Å². The highest BCUT2D eigenvalue weighted by Gasteiger charge is 2.38. The van der Waals surface area contributed by atoms with Gasteiger partial charge in [0, 0.05) is 17.8 Å². The van der Waals surface area contributed by atoms with Gasteiger partial charge in [-0.25, -0.2) is 9.18 Å². The third-order valence-corrected chi connectivity index (χ3v) is 7.25. The van der Waals surface area contributed by atoms with E-state index >= 15 is 0 Å². The smallest absolute Gasteiger partial charge is 0.411 e.